The van der Waals surface area contributed by atoms with E-state index in [1.54, 1.807) is 29.3 Å². The van der Waals surface area contributed by atoms with Gasteiger partial charge in [0.05, 0.1) is 27.4 Å². The standard InChI is InChI=1S/C26H28F2N2O5S/c1-5-35-26(32)21-15-36-24(29-21)14-30(10-6-7-17-11-19(27)8-9-20(17)28)25(31)18-12-22(33-3)16(2)23(13-18)34-4/h8-9,11-13,15H,5-7,10,14H2,1-4H3. The number of nitrogens with zero attached hydrogens (tertiary/aromatic N) is 2. The first-order chi connectivity index (χ1) is 17.3. The number of benzene rings is 2. The third kappa shape index (κ3) is 6.57. The van der Waals surface area contributed by atoms with Gasteiger partial charge in [-0.25, -0.2) is 18.6 Å². The third-order valence-corrected chi connectivity index (χ3v) is 6.36. The molecule has 0 unspecified atom stereocenters. The summed E-state index contributed by atoms with van der Waals surface area (Å²) in [6.07, 6.45) is 0.613. The van der Waals surface area contributed by atoms with Gasteiger partial charge in [0.2, 0.25) is 0 Å². The van der Waals surface area contributed by atoms with Gasteiger partial charge in [-0.15, -0.1) is 11.3 Å². The predicted molar refractivity (Wildman–Crippen MR) is 132 cm³/mol. The molecule has 7 nitrogen and oxygen atoms in total. The molecule has 0 N–H and O–H groups in total. The second-order valence-corrected chi connectivity index (χ2v) is 8.86. The quantitative estimate of drug-likeness (QED) is 0.325. The predicted octanol–water partition coefficient (Wildman–Crippen LogP) is 5.20. The van der Waals surface area contributed by atoms with Gasteiger partial charge in [0, 0.05) is 23.1 Å². The molecule has 0 atom stereocenters. The second-order valence-electron chi connectivity index (χ2n) is 7.92. The number of carbonyl (C=O) groups excluding carboxylic acids is 2. The summed E-state index contributed by atoms with van der Waals surface area (Å²) in [5, 5.41) is 2.12. The highest BCUT2D eigenvalue weighted by Crippen LogP contribution is 2.30. The first kappa shape index (κ1) is 27.1. The molecule has 10 heteroatoms. The molecule has 3 aromatic rings. The lowest BCUT2D eigenvalue weighted by atomic mass is 10.1. The Kier molecular flexibility index (Phi) is 9.35. The van der Waals surface area contributed by atoms with E-state index >= 15 is 0 Å². The van der Waals surface area contributed by atoms with Crippen LogP contribution in [0.1, 0.15) is 50.3 Å². The average molecular weight is 519 g/mol. The second kappa shape index (κ2) is 12.4. The molecule has 1 amide bonds. The molecule has 0 aliphatic rings. The number of esters is 1. The zero-order valence-electron chi connectivity index (χ0n) is 20.6. The molecule has 0 saturated carbocycles. The number of hydrogen-bond donors (Lipinski definition) is 0. The summed E-state index contributed by atoms with van der Waals surface area (Å²) in [4.78, 5) is 31.4. The molecule has 0 fully saturated rings. The first-order valence-corrected chi connectivity index (χ1v) is 12.2. The van der Waals surface area contributed by atoms with Gasteiger partial charge >= 0.3 is 5.97 Å². The maximum atomic E-state index is 14.1. The molecule has 0 radical (unpaired) electrons. The Morgan fingerprint density at radius 2 is 1.78 bits per heavy atom. The molecule has 1 aromatic heterocycles. The van der Waals surface area contributed by atoms with Crippen LogP contribution in [0.15, 0.2) is 35.7 Å². The van der Waals surface area contributed by atoms with E-state index < -0.39 is 17.6 Å². The number of aryl methyl sites for hydroxylation is 1. The lowest BCUT2D eigenvalue weighted by molar-refractivity contribution is 0.0520. The smallest absolute Gasteiger partial charge is 0.357 e. The Hall–Kier alpha value is -3.53. The Morgan fingerprint density at radius 3 is 2.42 bits per heavy atom. The van der Waals surface area contributed by atoms with Crippen molar-refractivity contribution in [3.8, 4) is 11.5 Å². The van der Waals surface area contributed by atoms with Gasteiger partial charge in [-0.05, 0) is 62.6 Å². The summed E-state index contributed by atoms with van der Waals surface area (Å²) in [6.45, 7) is 4.11. The zero-order valence-corrected chi connectivity index (χ0v) is 21.4. The van der Waals surface area contributed by atoms with E-state index in [4.69, 9.17) is 14.2 Å². The molecule has 0 aliphatic heterocycles. The van der Waals surface area contributed by atoms with Crippen LogP contribution in [0.25, 0.3) is 0 Å². The summed E-state index contributed by atoms with van der Waals surface area (Å²) < 4.78 is 43.4. The molecule has 3 rings (SSSR count). The molecule has 0 bridgehead atoms. The van der Waals surface area contributed by atoms with Gasteiger partial charge < -0.3 is 19.1 Å². The molecule has 0 spiro atoms. The number of halogens is 2. The normalized spacial score (nSPS) is 10.7. The van der Waals surface area contributed by atoms with Gasteiger partial charge in [0.15, 0.2) is 5.69 Å². The van der Waals surface area contributed by atoms with Gasteiger partial charge in [-0.1, -0.05) is 0 Å². The molecular formula is C26H28F2N2O5S. The molecule has 1 heterocycles. The Labute approximate surface area is 212 Å². The number of amides is 1. The number of thiazole rings is 1. The van der Waals surface area contributed by atoms with Crippen molar-refractivity contribution in [3.63, 3.8) is 0 Å². The summed E-state index contributed by atoms with van der Waals surface area (Å²) in [5.74, 6) is -0.878. The third-order valence-electron chi connectivity index (χ3n) is 5.53. The summed E-state index contributed by atoms with van der Waals surface area (Å²) >= 11 is 1.23. The average Bonchev–Trinajstić information content (AvgIpc) is 3.34. The fourth-order valence-electron chi connectivity index (χ4n) is 3.69. The lowest BCUT2D eigenvalue weighted by Gasteiger charge is -2.23. The topological polar surface area (TPSA) is 78.0 Å². The van der Waals surface area contributed by atoms with Crippen LogP contribution in [0.2, 0.25) is 0 Å². The SMILES string of the molecule is CCOC(=O)c1csc(CN(CCCc2cc(F)ccc2F)C(=O)c2cc(OC)c(C)c(OC)c2)n1. The van der Waals surface area contributed by atoms with Gasteiger partial charge in [0.25, 0.3) is 5.91 Å². The van der Waals surface area contributed by atoms with Crippen molar-refractivity contribution in [2.24, 2.45) is 0 Å². The van der Waals surface area contributed by atoms with Crippen LogP contribution in [-0.2, 0) is 17.7 Å². The van der Waals surface area contributed by atoms with E-state index in [0.29, 0.717) is 28.5 Å². The molecular weight excluding hydrogens is 490 g/mol. The number of hydrogen-bond acceptors (Lipinski definition) is 7. The van der Waals surface area contributed by atoms with Crippen LogP contribution in [-0.4, -0.2) is 49.1 Å². The van der Waals surface area contributed by atoms with Crippen molar-refractivity contribution in [1.82, 2.24) is 9.88 Å². The van der Waals surface area contributed by atoms with Gasteiger partial charge in [-0.2, -0.15) is 0 Å². The number of aromatic nitrogens is 1. The number of rotatable bonds is 11. The van der Waals surface area contributed by atoms with E-state index in [1.807, 2.05) is 6.92 Å². The minimum Gasteiger partial charge on any atom is -0.496 e. The molecule has 36 heavy (non-hydrogen) atoms. The van der Waals surface area contributed by atoms with E-state index in [1.165, 1.54) is 25.6 Å². The fraction of sp³-hybridized carbons (Fsp3) is 0.346. The fourth-order valence-corrected chi connectivity index (χ4v) is 4.46. The first-order valence-electron chi connectivity index (χ1n) is 11.3. The van der Waals surface area contributed by atoms with Gasteiger partial charge in [0.1, 0.15) is 28.1 Å². The molecule has 0 saturated heterocycles. The molecule has 0 aliphatic carbocycles. The highest BCUT2D eigenvalue weighted by atomic mass is 32.1. The highest BCUT2D eigenvalue weighted by Gasteiger charge is 2.22. The van der Waals surface area contributed by atoms with Crippen LogP contribution in [0.5, 0.6) is 11.5 Å². The number of ether oxygens (including phenoxy) is 3. The van der Waals surface area contributed by atoms with E-state index in [0.717, 1.165) is 23.8 Å². The lowest BCUT2D eigenvalue weighted by Crippen LogP contribution is -2.32. The zero-order chi connectivity index (χ0) is 26.2. The molecule has 192 valence electrons. The van der Waals surface area contributed by atoms with Crippen molar-refractivity contribution >= 4 is 23.2 Å². The van der Waals surface area contributed by atoms with Crippen molar-refractivity contribution in [3.05, 3.63) is 74.7 Å². The summed E-state index contributed by atoms with van der Waals surface area (Å²) in [6, 6.07) is 6.57. The summed E-state index contributed by atoms with van der Waals surface area (Å²) in [7, 11) is 3.02. The largest absolute Gasteiger partial charge is 0.496 e. The minimum absolute atomic E-state index is 0.118. The van der Waals surface area contributed by atoms with Crippen LogP contribution < -0.4 is 9.47 Å². The summed E-state index contributed by atoms with van der Waals surface area (Å²) in [5.41, 5.74) is 1.50. The van der Waals surface area contributed by atoms with Crippen LogP contribution >= 0.6 is 11.3 Å². The van der Waals surface area contributed by atoms with Crippen molar-refractivity contribution in [2.75, 3.05) is 27.4 Å². The maximum Gasteiger partial charge on any atom is 0.357 e. The number of methoxy groups -OCH3 is 2. The van der Waals surface area contributed by atoms with Crippen LogP contribution in [0, 0.1) is 18.6 Å². The maximum absolute atomic E-state index is 14.1. The van der Waals surface area contributed by atoms with E-state index in [9.17, 15) is 18.4 Å². The monoisotopic (exact) mass is 518 g/mol. The Morgan fingerprint density at radius 1 is 1.08 bits per heavy atom. The van der Waals surface area contributed by atoms with Crippen LogP contribution in [0.4, 0.5) is 8.78 Å². The highest BCUT2D eigenvalue weighted by molar-refractivity contribution is 7.09. The minimum atomic E-state index is -0.535. The Bertz CT molecular complexity index is 1210. The van der Waals surface area contributed by atoms with Crippen molar-refractivity contribution < 1.29 is 32.6 Å². The van der Waals surface area contributed by atoms with E-state index in [-0.39, 0.29) is 43.3 Å². The Balaban J connectivity index is 1.86. The van der Waals surface area contributed by atoms with Crippen LogP contribution in [0.3, 0.4) is 0 Å². The van der Waals surface area contributed by atoms with Gasteiger partial charge in [-0.3, -0.25) is 4.79 Å². The van der Waals surface area contributed by atoms with E-state index in [2.05, 4.69) is 4.98 Å². The van der Waals surface area contributed by atoms with Crippen molar-refractivity contribution in [1.29, 1.82) is 0 Å². The molecule has 2 aromatic carbocycles. The number of carbonyl (C=O) groups is 2. The van der Waals surface area contributed by atoms with Crippen molar-refractivity contribution in [2.45, 2.75) is 33.2 Å².